The van der Waals surface area contributed by atoms with Gasteiger partial charge in [-0.3, -0.25) is 9.69 Å². The van der Waals surface area contributed by atoms with Gasteiger partial charge in [0.25, 0.3) is 5.91 Å². The molecule has 0 aliphatic carbocycles. The number of rotatable bonds is 4. The first kappa shape index (κ1) is 14.3. The SMILES string of the molecule is CC1=NO[C@](C)(C(=O)N(C)CCN2CCOCC2)C1. The summed E-state index contributed by atoms with van der Waals surface area (Å²) in [7, 11) is 1.82. The largest absolute Gasteiger partial charge is 0.379 e. The topological polar surface area (TPSA) is 54.4 Å². The molecule has 0 radical (unpaired) electrons. The molecule has 0 aromatic heterocycles. The van der Waals surface area contributed by atoms with Crippen molar-refractivity contribution in [3.8, 4) is 0 Å². The number of hydrogen-bond donors (Lipinski definition) is 0. The lowest BCUT2D eigenvalue weighted by molar-refractivity contribution is -0.152. The van der Waals surface area contributed by atoms with Crippen LogP contribution in [-0.4, -0.2) is 73.5 Å². The Morgan fingerprint density at radius 3 is 2.74 bits per heavy atom. The van der Waals surface area contributed by atoms with Crippen molar-refractivity contribution in [3.05, 3.63) is 0 Å². The van der Waals surface area contributed by atoms with Crippen molar-refractivity contribution in [2.75, 3.05) is 46.4 Å². The number of carbonyl (C=O) groups excluding carboxylic acids is 1. The van der Waals surface area contributed by atoms with Crippen LogP contribution in [0.1, 0.15) is 20.3 Å². The molecule has 0 saturated carbocycles. The van der Waals surface area contributed by atoms with Crippen molar-refractivity contribution in [2.45, 2.75) is 25.9 Å². The zero-order valence-electron chi connectivity index (χ0n) is 12.0. The van der Waals surface area contributed by atoms with Crippen LogP contribution in [0.3, 0.4) is 0 Å². The molecule has 1 atom stereocenters. The van der Waals surface area contributed by atoms with Gasteiger partial charge in [0.15, 0.2) is 0 Å². The van der Waals surface area contributed by atoms with Crippen LogP contribution in [0.4, 0.5) is 0 Å². The van der Waals surface area contributed by atoms with Gasteiger partial charge >= 0.3 is 0 Å². The van der Waals surface area contributed by atoms with Gasteiger partial charge in [-0.2, -0.15) is 0 Å². The lowest BCUT2D eigenvalue weighted by Gasteiger charge is -2.31. The van der Waals surface area contributed by atoms with Crippen molar-refractivity contribution >= 4 is 11.6 Å². The van der Waals surface area contributed by atoms with E-state index in [1.165, 1.54) is 0 Å². The molecule has 2 heterocycles. The van der Waals surface area contributed by atoms with Gasteiger partial charge in [0.1, 0.15) is 0 Å². The maximum absolute atomic E-state index is 12.4. The molecule has 0 unspecified atom stereocenters. The molecule has 108 valence electrons. The van der Waals surface area contributed by atoms with Gasteiger partial charge in [-0.15, -0.1) is 0 Å². The summed E-state index contributed by atoms with van der Waals surface area (Å²) in [4.78, 5) is 21.7. The van der Waals surface area contributed by atoms with Gasteiger partial charge in [0.05, 0.1) is 18.9 Å². The van der Waals surface area contributed by atoms with E-state index in [2.05, 4.69) is 10.1 Å². The van der Waals surface area contributed by atoms with Crippen LogP contribution in [-0.2, 0) is 14.4 Å². The van der Waals surface area contributed by atoms with Crippen molar-refractivity contribution in [1.82, 2.24) is 9.80 Å². The second kappa shape index (κ2) is 5.88. The number of carbonyl (C=O) groups is 1. The highest BCUT2D eigenvalue weighted by atomic mass is 16.7. The Bertz CT molecular complexity index is 366. The molecule has 2 aliphatic heterocycles. The van der Waals surface area contributed by atoms with Crippen LogP contribution in [0.5, 0.6) is 0 Å². The fourth-order valence-electron chi connectivity index (χ4n) is 2.47. The van der Waals surface area contributed by atoms with Gasteiger partial charge in [-0.1, -0.05) is 5.16 Å². The molecule has 0 aromatic carbocycles. The highest BCUT2D eigenvalue weighted by Crippen LogP contribution is 2.25. The molecule has 1 amide bonds. The Morgan fingerprint density at radius 1 is 1.47 bits per heavy atom. The third kappa shape index (κ3) is 3.45. The second-order valence-electron chi connectivity index (χ2n) is 5.51. The van der Waals surface area contributed by atoms with E-state index >= 15 is 0 Å². The fraction of sp³-hybridized carbons (Fsp3) is 0.846. The minimum atomic E-state index is -0.816. The Kier molecular flexibility index (Phi) is 4.42. The average molecular weight is 269 g/mol. The van der Waals surface area contributed by atoms with Gasteiger partial charge in [0, 0.05) is 39.6 Å². The molecular weight excluding hydrogens is 246 g/mol. The van der Waals surface area contributed by atoms with E-state index in [0.717, 1.165) is 38.6 Å². The van der Waals surface area contributed by atoms with E-state index in [9.17, 15) is 4.79 Å². The zero-order chi connectivity index (χ0) is 13.9. The Morgan fingerprint density at radius 2 is 2.16 bits per heavy atom. The number of oxime groups is 1. The Hall–Kier alpha value is -1.14. The van der Waals surface area contributed by atoms with E-state index in [1.54, 1.807) is 11.8 Å². The fourth-order valence-corrected chi connectivity index (χ4v) is 2.47. The number of hydrogen-bond acceptors (Lipinski definition) is 5. The second-order valence-corrected chi connectivity index (χ2v) is 5.51. The van der Waals surface area contributed by atoms with Gasteiger partial charge in [-0.05, 0) is 13.8 Å². The summed E-state index contributed by atoms with van der Waals surface area (Å²) in [6, 6.07) is 0. The molecule has 6 nitrogen and oxygen atoms in total. The van der Waals surface area contributed by atoms with Crippen molar-refractivity contribution in [2.24, 2.45) is 5.16 Å². The quantitative estimate of drug-likeness (QED) is 0.738. The molecule has 1 saturated heterocycles. The predicted molar refractivity (Wildman–Crippen MR) is 72.1 cm³/mol. The van der Waals surface area contributed by atoms with E-state index in [0.29, 0.717) is 13.0 Å². The molecule has 6 heteroatoms. The highest BCUT2D eigenvalue weighted by Gasteiger charge is 2.42. The first-order chi connectivity index (χ1) is 9.01. The number of nitrogens with zero attached hydrogens (tertiary/aromatic N) is 3. The molecule has 2 aliphatic rings. The third-order valence-corrected chi connectivity index (χ3v) is 3.65. The molecule has 19 heavy (non-hydrogen) atoms. The van der Waals surface area contributed by atoms with Crippen molar-refractivity contribution in [3.63, 3.8) is 0 Å². The van der Waals surface area contributed by atoms with Crippen molar-refractivity contribution < 1.29 is 14.4 Å². The molecule has 1 fully saturated rings. The van der Waals surface area contributed by atoms with E-state index in [1.807, 2.05) is 14.0 Å². The number of likely N-dealkylation sites (N-methyl/N-ethyl adjacent to an activating group) is 1. The molecule has 2 rings (SSSR count). The summed E-state index contributed by atoms with van der Waals surface area (Å²) < 4.78 is 5.31. The monoisotopic (exact) mass is 269 g/mol. The first-order valence-corrected chi connectivity index (χ1v) is 6.78. The highest BCUT2D eigenvalue weighted by molar-refractivity contribution is 5.94. The molecule has 0 aromatic rings. The van der Waals surface area contributed by atoms with Crippen LogP contribution in [0, 0.1) is 0 Å². The zero-order valence-corrected chi connectivity index (χ0v) is 12.0. The molecule has 0 bridgehead atoms. The first-order valence-electron chi connectivity index (χ1n) is 6.78. The van der Waals surface area contributed by atoms with E-state index < -0.39 is 5.60 Å². The van der Waals surface area contributed by atoms with E-state index in [-0.39, 0.29) is 5.91 Å². The summed E-state index contributed by atoms with van der Waals surface area (Å²) in [6.07, 6.45) is 0.577. The summed E-state index contributed by atoms with van der Waals surface area (Å²) >= 11 is 0. The minimum absolute atomic E-state index is 0.00126. The Balaban J connectivity index is 1.79. The minimum Gasteiger partial charge on any atom is -0.379 e. The summed E-state index contributed by atoms with van der Waals surface area (Å²) in [5, 5.41) is 3.88. The summed E-state index contributed by atoms with van der Waals surface area (Å²) in [6.45, 7) is 8.72. The van der Waals surface area contributed by atoms with Crippen LogP contribution >= 0.6 is 0 Å². The van der Waals surface area contributed by atoms with Gasteiger partial charge < -0.3 is 14.5 Å². The van der Waals surface area contributed by atoms with Crippen LogP contribution in [0.2, 0.25) is 0 Å². The van der Waals surface area contributed by atoms with Gasteiger partial charge in [-0.25, -0.2) is 0 Å². The number of ether oxygens (including phenoxy) is 1. The van der Waals surface area contributed by atoms with Crippen LogP contribution < -0.4 is 0 Å². The lowest BCUT2D eigenvalue weighted by Crippen LogP contribution is -2.48. The normalized spacial score (nSPS) is 27.8. The standard InChI is InChI=1S/C13H23N3O3/c1-11-10-13(2,19-14-11)12(17)15(3)4-5-16-6-8-18-9-7-16/h4-10H2,1-3H3/t13-/m0/s1. The maximum atomic E-state index is 12.4. The smallest absolute Gasteiger partial charge is 0.269 e. The Labute approximate surface area is 114 Å². The number of amides is 1. The van der Waals surface area contributed by atoms with E-state index in [4.69, 9.17) is 9.57 Å². The predicted octanol–water partition coefficient (Wildman–Crippen LogP) is 0.332. The van der Waals surface area contributed by atoms with Crippen LogP contribution in [0.25, 0.3) is 0 Å². The summed E-state index contributed by atoms with van der Waals surface area (Å²) in [5.74, 6) is 0.00126. The molecule has 0 spiro atoms. The van der Waals surface area contributed by atoms with Crippen LogP contribution in [0.15, 0.2) is 5.16 Å². The van der Waals surface area contributed by atoms with Gasteiger partial charge in [0.2, 0.25) is 5.60 Å². The third-order valence-electron chi connectivity index (χ3n) is 3.65. The summed E-state index contributed by atoms with van der Waals surface area (Å²) in [5.41, 5.74) is 0.0570. The molecule has 0 N–H and O–H groups in total. The lowest BCUT2D eigenvalue weighted by atomic mass is 9.99. The maximum Gasteiger partial charge on any atom is 0.269 e. The molecular formula is C13H23N3O3. The number of morpholine rings is 1. The van der Waals surface area contributed by atoms with Crippen molar-refractivity contribution in [1.29, 1.82) is 0 Å². The average Bonchev–Trinajstić information content (AvgIpc) is 2.77.